The molecule has 0 saturated carbocycles. The van der Waals surface area contributed by atoms with Crippen LogP contribution in [-0.2, 0) is 0 Å². The van der Waals surface area contributed by atoms with Crippen LogP contribution in [0.1, 0.15) is 16.5 Å². The summed E-state index contributed by atoms with van der Waals surface area (Å²) in [5, 5.41) is 5.33. The number of para-hydroxylation sites is 1. The van der Waals surface area contributed by atoms with E-state index in [2.05, 4.69) is 10.3 Å². The quantitative estimate of drug-likeness (QED) is 0.753. The molecule has 23 heavy (non-hydrogen) atoms. The van der Waals surface area contributed by atoms with Gasteiger partial charge < -0.3 is 15.5 Å². The maximum absolute atomic E-state index is 8.41. The molecular weight excluding hydrogens is 331 g/mol. The predicted octanol–water partition coefficient (Wildman–Crippen LogP) is 3.80. The number of rotatable bonds is 0. The molecule has 0 aromatic heterocycles. The van der Waals surface area contributed by atoms with Crippen LogP contribution in [0.4, 0.5) is 17.1 Å². The number of amidine groups is 1. The smallest absolute Gasteiger partial charge is 0.138 e. The van der Waals surface area contributed by atoms with Crippen molar-refractivity contribution in [3.63, 3.8) is 0 Å². The summed E-state index contributed by atoms with van der Waals surface area (Å²) >= 11 is 6.09. The molecule has 0 bridgehead atoms. The van der Waals surface area contributed by atoms with Gasteiger partial charge in [-0.3, -0.25) is 0 Å². The van der Waals surface area contributed by atoms with Crippen molar-refractivity contribution in [1.82, 2.24) is 10.2 Å². The molecule has 0 unspecified atom stereocenters. The van der Waals surface area contributed by atoms with Crippen molar-refractivity contribution in [2.75, 3.05) is 31.3 Å². The van der Waals surface area contributed by atoms with Crippen LogP contribution in [0.25, 0.3) is 0 Å². The van der Waals surface area contributed by atoms with Crippen molar-refractivity contribution in [3.05, 3.63) is 53.1 Å². The maximum atomic E-state index is 8.41. The second-order valence-electron chi connectivity index (χ2n) is 4.70. The zero-order valence-electron chi connectivity index (χ0n) is 19.7. The lowest BCUT2D eigenvalue weighted by Crippen LogP contribution is -2.46. The van der Waals surface area contributed by atoms with Crippen LogP contribution < -0.4 is 10.6 Å². The Hall–Kier alpha value is -1.75. The summed E-state index contributed by atoms with van der Waals surface area (Å²) in [4.78, 5) is 4.88. The fourth-order valence-electron chi connectivity index (χ4n) is 2.31. The van der Waals surface area contributed by atoms with Gasteiger partial charge in [0.15, 0.2) is 0 Å². The molecule has 2 N–H and O–H groups in total. The van der Waals surface area contributed by atoms with Crippen LogP contribution in [0.3, 0.4) is 0 Å². The second kappa shape index (κ2) is 6.79. The monoisotopic (exact) mass is 356 g/mol. The van der Waals surface area contributed by atoms with Gasteiger partial charge in [-0.2, -0.15) is 0 Å². The van der Waals surface area contributed by atoms with Gasteiger partial charge in [0, 0.05) is 47.7 Å². The zero-order chi connectivity index (χ0) is 22.1. The minimum atomic E-state index is -3.00. The fourth-order valence-corrected chi connectivity index (χ4v) is 2.48. The van der Waals surface area contributed by atoms with Gasteiger partial charge in [0.25, 0.3) is 0 Å². The number of benzene rings is 2. The van der Waals surface area contributed by atoms with Gasteiger partial charge in [-0.05, 0) is 30.3 Å². The summed E-state index contributed by atoms with van der Waals surface area (Å²) in [5.41, 5.74) is 1.57. The van der Waals surface area contributed by atoms with Gasteiger partial charge in [-0.1, -0.05) is 23.7 Å². The topological polar surface area (TPSA) is 39.7 Å². The molecule has 0 radical (unpaired) electrons. The molecule has 0 atom stereocenters. The number of piperazine rings is 1. The van der Waals surface area contributed by atoms with E-state index < -0.39 is 26.0 Å². The first-order valence-corrected chi connectivity index (χ1v) is 7.00. The maximum Gasteiger partial charge on any atom is 0.138 e. The van der Waals surface area contributed by atoms with E-state index in [-0.39, 0.29) is 29.5 Å². The molecule has 0 spiro atoms. The van der Waals surface area contributed by atoms with Gasteiger partial charge >= 0.3 is 0 Å². The zero-order valence-corrected chi connectivity index (χ0v) is 13.3. The van der Waals surface area contributed by atoms with Gasteiger partial charge in [0.2, 0.25) is 0 Å². The third kappa shape index (κ3) is 3.15. The third-order valence-electron chi connectivity index (χ3n) is 3.30. The van der Waals surface area contributed by atoms with Crippen molar-refractivity contribution in [1.29, 1.82) is 0 Å². The first-order valence-electron chi connectivity index (χ1n) is 10.6. The van der Waals surface area contributed by atoms with E-state index in [1.807, 2.05) is 5.32 Å². The summed E-state index contributed by atoms with van der Waals surface area (Å²) in [5.74, 6) is -0.261. The Morgan fingerprint density at radius 2 is 1.87 bits per heavy atom. The van der Waals surface area contributed by atoms with Crippen LogP contribution >= 0.6 is 24.0 Å². The normalized spacial score (nSPS) is 30.1. The number of halogens is 2. The van der Waals surface area contributed by atoms with Crippen molar-refractivity contribution >= 4 is 46.9 Å². The van der Waals surface area contributed by atoms with Crippen molar-refractivity contribution in [2.45, 2.75) is 0 Å². The number of nitrogens with zero attached hydrogens (tertiary/aromatic N) is 2. The molecule has 1 saturated heterocycles. The van der Waals surface area contributed by atoms with E-state index in [1.54, 1.807) is 36.4 Å². The van der Waals surface area contributed by atoms with E-state index in [9.17, 15) is 0 Å². The van der Waals surface area contributed by atoms with Gasteiger partial charge in [-0.25, -0.2) is 4.99 Å². The van der Waals surface area contributed by atoms with Crippen LogP contribution in [0.15, 0.2) is 47.5 Å². The molecule has 2 aromatic rings. The average molecular weight is 357 g/mol. The standard InChI is InChI=1S/C17H17ClN4.ClH/c18-12-5-6-15-16(11-12)21-17(22-9-7-19-8-10-22)13-3-1-2-4-14(13)20-15;/h1-6,11,19-20H,7-10H2;1H/i7D2,8D2,9D2,10D2;. The SMILES string of the molecule is Cl.[2H]C1([2H])NC([2H])([2H])C([2H])([2H])N(C2=Nc3cc(Cl)ccc3Nc3ccccc32)C1([2H])[2H]. The number of fused-ring (bicyclic) bond motifs is 2. The van der Waals surface area contributed by atoms with E-state index in [0.29, 0.717) is 21.3 Å². The summed E-state index contributed by atoms with van der Waals surface area (Å²) in [6.07, 6.45) is 0. The molecule has 120 valence electrons. The van der Waals surface area contributed by atoms with Crippen molar-refractivity contribution in [3.8, 4) is 0 Å². The number of hydrogen-bond acceptors (Lipinski definition) is 4. The van der Waals surface area contributed by atoms with E-state index >= 15 is 0 Å². The molecule has 2 aliphatic rings. The molecule has 2 heterocycles. The number of hydrogen-bond donors (Lipinski definition) is 2. The third-order valence-corrected chi connectivity index (χ3v) is 3.53. The van der Waals surface area contributed by atoms with Crippen molar-refractivity contribution < 1.29 is 11.0 Å². The Morgan fingerprint density at radius 1 is 1.09 bits per heavy atom. The molecule has 6 heteroatoms. The van der Waals surface area contributed by atoms with Gasteiger partial charge in [-0.15, -0.1) is 12.4 Å². The minimum Gasteiger partial charge on any atom is -0.353 e. The molecule has 1 fully saturated rings. The minimum absolute atomic E-state index is 0. The van der Waals surface area contributed by atoms with Crippen LogP contribution in [0.5, 0.6) is 0 Å². The van der Waals surface area contributed by atoms with Crippen molar-refractivity contribution in [2.24, 2.45) is 4.99 Å². The Labute approximate surface area is 158 Å². The first kappa shape index (κ1) is 8.92. The van der Waals surface area contributed by atoms with Crippen LogP contribution in [-0.4, -0.2) is 36.7 Å². The fraction of sp³-hybridized carbons (Fsp3) is 0.235. The highest BCUT2D eigenvalue weighted by molar-refractivity contribution is 6.31. The number of aliphatic imine (C=N–C) groups is 1. The Kier molecular flexibility index (Phi) is 2.63. The summed E-state index contributed by atoms with van der Waals surface area (Å²) < 4.78 is 65.9. The molecule has 2 aromatic carbocycles. The summed E-state index contributed by atoms with van der Waals surface area (Å²) in [7, 11) is 0. The van der Waals surface area contributed by atoms with E-state index in [1.165, 1.54) is 6.07 Å². The average Bonchev–Trinajstić information content (AvgIpc) is 2.76. The molecule has 0 amide bonds. The Morgan fingerprint density at radius 3 is 2.70 bits per heavy atom. The highest BCUT2D eigenvalue weighted by atomic mass is 35.5. The lowest BCUT2D eigenvalue weighted by Gasteiger charge is -2.30. The molecule has 4 rings (SSSR count). The lowest BCUT2D eigenvalue weighted by atomic mass is 10.1. The predicted molar refractivity (Wildman–Crippen MR) is 99.1 cm³/mol. The number of anilines is 2. The van der Waals surface area contributed by atoms with Gasteiger partial charge in [0.1, 0.15) is 5.84 Å². The number of nitrogens with one attached hydrogen (secondary N) is 2. The largest absolute Gasteiger partial charge is 0.353 e. The second-order valence-corrected chi connectivity index (χ2v) is 5.14. The van der Waals surface area contributed by atoms with Crippen LogP contribution in [0, 0.1) is 0 Å². The summed E-state index contributed by atoms with van der Waals surface area (Å²) in [6, 6.07) is 11.4. The Bertz CT molecular complexity index is 1030. The Balaban J connectivity index is 0.00000272. The lowest BCUT2D eigenvalue weighted by molar-refractivity contribution is 0.358. The highest BCUT2D eigenvalue weighted by Crippen LogP contribution is 2.36. The van der Waals surface area contributed by atoms with Gasteiger partial charge in [0.05, 0.1) is 16.9 Å². The first-order chi connectivity index (χ1) is 13.8. The van der Waals surface area contributed by atoms with Crippen LogP contribution in [0.2, 0.25) is 5.02 Å². The molecular formula is C17H18Cl2N4. The highest BCUT2D eigenvalue weighted by Gasteiger charge is 2.22. The molecule has 0 aliphatic carbocycles. The molecule has 2 aliphatic heterocycles. The molecule has 4 nitrogen and oxygen atoms in total. The van der Waals surface area contributed by atoms with E-state index in [0.717, 1.165) is 0 Å². The van der Waals surface area contributed by atoms with E-state index in [4.69, 9.17) is 22.6 Å². The summed E-state index contributed by atoms with van der Waals surface area (Å²) in [6.45, 7) is -11.9.